The van der Waals surface area contributed by atoms with Gasteiger partial charge in [0.2, 0.25) is 0 Å². The molecule has 0 saturated carbocycles. The van der Waals surface area contributed by atoms with Crippen LogP contribution < -0.4 is 4.74 Å². The van der Waals surface area contributed by atoms with E-state index in [9.17, 15) is 5.11 Å². The topological polar surface area (TPSA) is 83.4 Å². The Hall–Kier alpha value is -3.07. The van der Waals surface area contributed by atoms with Crippen LogP contribution >= 0.6 is 0 Å². The zero-order valence-electron chi connectivity index (χ0n) is 10.6. The van der Waals surface area contributed by atoms with E-state index in [4.69, 9.17) is 10.00 Å². The van der Waals surface area contributed by atoms with Crippen LogP contribution in [0.25, 0.3) is 17.0 Å². The summed E-state index contributed by atoms with van der Waals surface area (Å²) in [6, 6.07) is 10.4. The molecule has 3 rings (SSSR count). The van der Waals surface area contributed by atoms with Gasteiger partial charge in [-0.25, -0.2) is 0 Å². The van der Waals surface area contributed by atoms with Gasteiger partial charge in [-0.2, -0.15) is 5.26 Å². The molecule has 0 unspecified atom stereocenters. The molecule has 1 aromatic carbocycles. The number of hydrogen-bond acceptors (Lipinski definition) is 5. The molecular formula is C14H10N4O2. The maximum Gasteiger partial charge on any atom is 0.168 e. The van der Waals surface area contributed by atoms with Crippen LogP contribution in [0.1, 0.15) is 5.56 Å². The van der Waals surface area contributed by atoms with Gasteiger partial charge in [-0.1, -0.05) is 0 Å². The third-order valence-electron chi connectivity index (χ3n) is 2.98. The van der Waals surface area contributed by atoms with Crippen LogP contribution in [0, 0.1) is 11.3 Å². The number of aromatic hydroxyl groups is 1. The molecule has 0 amide bonds. The first kappa shape index (κ1) is 12.0. The molecule has 0 bridgehead atoms. The smallest absolute Gasteiger partial charge is 0.168 e. The zero-order valence-corrected chi connectivity index (χ0v) is 10.6. The van der Waals surface area contributed by atoms with Gasteiger partial charge in [0.15, 0.2) is 23.0 Å². The number of fused-ring (bicyclic) bond motifs is 1. The van der Waals surface area contributed by atoms with Crippen LogP contribution in [0.5, 0.6) is 11.5 Å². The zero-order chi connectivity index (χ0) is 14.1. The molecule has 2 heterocycles. The average Bonchev–Trinajstić information content (AvgIpc) is 2.90. The number of nitrogens with zero attached hydrogens (tertiary/aromatic N) is 4. The molecule has 98 valence electrons. The summed E-state index contributed by atoms with van der Waals surface area (Å²) in [5.41, 5.74) is 1.81. The highest BCUT2D eigenvalue weighted by atomic mass is 16.5. The normalized spacial score (nSPS) is 10.4. The lowest BCUT2D eigenvalue weighted by Gasteiger charge is -2.05. The largest absolute Gasteiger partial charge is 0.504 e. The van der Waals surface area contributed by atoms with Gasteiger partial charge < -0.3 is 9.84 Å². The number of nitriles is 1. The van der Waals surface area contributed by atoms with Crippen molar-refractivity contribution < 1.29 is 9.84 Å². The molecule has 20 heavy (non-hydrogen) atoms. The summed E-state index contributed by atoms with van der Waals surface area (Å²) in [5.74, 6) is 1.02. The Balaban J connectivity index is 2.15. The molecule has 2 aromatic heterocycles. The van der Waals surface area contributed by atoms with Crippen LogP contribution in [0.4, 0.5) is 0 Å². The quantitative estimate of drug-likeness (QED) is 0.766. The van der Waals surface area contributed by atoms with Crippen LogP contribution in [-0.4, -0.2) is 26.8 Å². The number of rotatable bonds is 2. The van der Waals surface area contributed by atoms with Crippen molar-refractivity contribution in [2.24, 2.45) is 0 Å². The predicted molar refractivity (Wildman–Crippen MR) is 71.4 cm³/mol. The molecule has 3 aromatic rings. The number of ether oxygens (including phenoxy) is 1. The molecule has 0 aliphatic carbocycles. The maximum atomic E-state index is 9.82. The standard InChI is InChI=1S/C14H10N4O2/c1-20-12-3-2-10(7-11(12)19)14-17-16-13-6-9(8-15)4-5-18(13)14/h2-7,19H,1H3. The summed E-state index contributed by atoms with van der Waals surface area (Å²) in [5, 5.41) is 26.8. The first-order valence-electron chi connectivity index (χ1n) is 5.85. The summed E-state index contributed by atoms with van der Waals surface area (Å²) in [6.07, 6.45) is 1.73. The minimum atomic E-state index is 0.0374. The Morgan fingerprint density at radius 1 is 1.25 bits per heavy atom. The minimum absolute atomic E-state index is 0.0374. The second-order valence-electron chi connectivity index (χ2n) is 4.17. The molecule has 6 nitrogen and oxygen atoms in total. The van der Waals surface area contributed by atoms with Crippen LogP contribution in [0.15, 0.2) is 36.5 Å². The molecule has 0 spiro atoms. The van der Waals surface area contributed by atoms with E-state index in [1.807, 2.05) is 0 Å². The highest BCUT2D eigenvalue weighted by Crippen LogP contribution is 2.30. The first-order chi connectivity index (χ1) is 9.72. The number of phenolic OH excluding ortho intramolecular Hbond substituents is 1. The van der Waals surface area contributed by atoms with Gasteiger partial charge in [0.25, 0.3) is 0 Å². The van der Waals surface area contributed by atoms with Crippen molar-refractivity contribution in [3.05, 3.63) is 42.1 Å². The lowest BCUT2D eigenvalue weighted by atomic mass is 10.2. The van der Waals surface area contributed by atoms with Gasteiger partial charge in [0.05, 0.1) is 18.7 Å². The number of benzene rings is 1. The van der Waals surface area contributed by atoms with Crippen molar-refractivity contribution in [2.45, 2.75) is 0 Å². The van der Waals surface area contributed by atoms with E-state index in [1.54, 1.807) is 40.9 Å². The van der Waals surface area contributed by atoms with E-state index >= 15 is 0 Å². The third kappa shape index (κ3) is 1.82. The molecule has 0 aliphatic heterocycles. The fraction of sp³-hybridized carbons (Fsp3) is 0.0714. The van der Waals surface area contributed by atoms with Crippen molar-refractivity contribution in [1.82, 2.24) is 14.6 Å². The van der Waals surface area contributed by atoms with E-state index in [1.165, 1.54) is 7.11 Å². The maximum absolute atomic E-state index is 9.82. The highest BCUT2D eigenvalue weighted by Gasteiger charge is 2.11. The summed E-state index contributed by atoms with van der Waals surface area (Å²) in [6.45, 7) is 0. The van der Waals surface area contributed by atoms with Crippen molar-refractivity contribution in [3.63, 3.8) is 0 Å². The molecular weight excluding hydrogens is 256 g/mol. The molecule has 1 N–H and O–H groups in total. The van der Waals surface area contributed by atoms with Gasteiger partial charge in [-0.15, -0.1) is 10.2 Å². The van der Waals surface area contributed by atoms with Gasteiger partial charge in [0, 0.05) is 17.8 Å². The fourth-order valence-electron chi connectivity index (χ4n) is 1.99. The first-order valence-corrected chi connectivity index (χ1v) is 5.85. The Labute approximate surface area is 114 Å². The van der Waals surface area contributed by atoms with Gasteiger partial charge in [-0.3, -0.25) is 4.40 Å². The van der Waals surface area contributed by atoms with Crippen molar-refractivity contribution in [3.8, 4) is 29.0 Å². The van der Waals surface area contributed by atoms with E-state index in [-0.39, 0.29) is 5.75 Å². The van der Waals surface area contributed by atoms with Gasteiger partial charge in [0.1, 0.15) is 0 Å². The van der Waals surface area contributed by atoms with Crippen LogP contribution in [0.3, 0.4) is 0 Å². The monoisotopic (exact) mass is 266 g/mol. The van der Waals surface area contributed by atoms with Crippen molar-refractivity contribution in [2.75, 3.05) is 7.11 Å². The van der Waals surface area contributed by atoms with E-state index in [2.05, 4.69) is 16.3 Å². The summed E-state index contributed by atoms with van der Waals surface area (Å²) in [4.78, 5) is 0. The second-order valence-corrected chi connectivity index (χ2v) is 4.17. The van der Waals surface area contributed by atoms with Crippen molar-refractivity contribution in [1.29, 1.82) is 5.26 Å². The summed E-state index contributed by atoms with van der Waals surface area (Å²) in [7, 11) is 1.49. The SMILES string of the molecule is COc1ccc(-c2nnc3cc(C#N)ccn23)cc1O. The minimum Gasteiger partial charge on any atom is -0.504 e. The lowest BCUT2D eigenvalue weighted by molar-refractivity contribution is 0.373. The number of aromatic nitrogens is 3. The predicted octanol–water partition coefficient (Wildman–Crippen LogP) is 1.98. The lowest BCUT2D eigenvalue weighted by Crippen LogP contribution is -1.91. The van der Waals surface area contributed by atoms with E-state index in [0.29, 0.717) is 28.3 Å². The van der Waals surface area contributed by atoms with E-state index in [0.717, 1.165) is 0 Å². The Morgan fingerprint density at radius 2 is 2.10 bits per heavy atom. The summed E-state index contributed by atoms with van der Waals surface area (Å²) < 4.78 is 6.76. The Bertz CT molecular complexity index is 833. The second kappa shape index (κ2) is 4.55. The molecule has 6 heteroatoms. The Kier molecular flexibility index (Phi) is 2.73. The fourth-order valence-corrected chi connectivity index (χ4v) is 1.99. The number of methoxy groups -OCH3 is 1. The van der Waals surface area contributed by atoms with Crippen molar-refractivity contribution >= 4 is 5.65 Å². The molecule has 0 aliphatic rings. The van der Waals surface area contributed by atoms with Gasteiger partial charge >= 0.3 is 0 Å². The molecule has 0 saturated heterocycles. The molecule has 0 radical (unpaired) electrons. The third-order valence-corrected chi connectivity index (χ3v) is 2.98. The average molecular weight is 266 g/mol. The van der Waals surface area contributed by atoms with Crippen LogP contribution in [0.2, 0.25) is 0 Å². The molecule has 0 fully saturated rings. The number of pyridine rings is 1. The van der Waals surface area contributed by atoms with Crippen LogP contribution in [-0.2, 0) is 0 Å². The van der Waals surface area contributed by atoms with Gasteiger partial charge in [-0.05, 0) is 24.3 Å². The van der Waals surface area contributed by atoms with E-state index < -0.39 is 0 Å². The number of hydrogen-bond donors (Lipinski definition) is 1. The Morgan fingerprint density at radius 3 is 2.80 bits per heavy atom. The highest BCUT2D eigenvalue weighted by molar-refractivity contribution is 5.64. The summed E-state index contributed by atoms with van der Waals surface area (Å²) >= 11 is 0. The molecule has 0 atom stereocenters. The number of phenols is 1.